The van der Waals surface area contributed by atoms with Gasteiger partial charge in [-0.15, -0.1) is 0 Å². The van der Waals surface area contributed by atoms with Crippen molar-refractivity contribution in [3.8, 4) is 0 Å². The summed E-state index contributed by atoms with van der Waals surface area (Å²) >= 11 is 0. The number of hydrogen-bond acceptors (Lipinski definition) is 1. The molecule has 1 aliphatic rings. The van der Waals surface area contributed by atoms with Gasteiger partial charge in [0, 0.05) is 0 Å². The average Bonchev–Trinajstić information content (AvgIpc) is 2.69. The predicted molar refractivity (Wildman–Crippen MR) is 57.3 cm³/mol. The van der Waals surface area contributed by atoms with Gasteiger partial charge in [-0.3, -0.25) is 4.79 Å². The largest absolute Gasteiger partial charge is 0.299 e. The van der Waals surface area contributed by atoms with Gasteiger partial charge in [0.15, 0.2) is 0 Å². The Morgan fingerprint density at radius 2 is 1.71 bits per heavy atom. The van der Waals surface area contributed by atoms with Crippen molar-refractivity contribution in [1.29, 1.82) is 0 Å². The molecule has 0 spiro atoms. The lowest BCUT2D eigenvalue weighted by atomic mass is 9.76. The van der Waals surface area contributed by atoms with Crippen molar-refractivity contribution in [2.24, 2.45) is 0 Å². The quantitative estimate of drug-likeness (QED) is 0.697. The summed E-state index contributed by atoms with van der Waals surface area (Å²) in [5.74, 6) is 0.334. The lowest BCUT2D eigenvalue weighted by molar-refractivity contribution is -0.122. The molecule has 0 bridgehead atoms. The highest BCUT2D eigenvalue weighted by Crippen LogP contribution is 2.41. The van der Waals surface area contributed by atoms with E-state index in [2.05, 4.69) is 12.1 Å². The van der Waals surface area contributed by atoms with Crippen molar-refractivity contribution in [1.82, 2.24) is 0 Å². The van der Waals surface area contributed by atoms with Crippen molar-refractivity contribution in [2.75, 3.05) is 0 Å². The van der Waals surface area contributed by atoms with E-state index in [0.29, 0.717) is 5.78 Å². The Bertz CT molecular complexity index is 320. The van der Waals surface area contributed by atoms with Crippen molar-refractivity contribution in [2.45, 2.75) is 38.0 Å². The Hall–Kier alpha value is -1.11. The molecule has 1 aliphatic carbocycles. The van der Waals surface area contributed by atoms with Gasteiger partial charge >= 0.3 is 0 Å². The number of ketones is 1. The molecule has 0 atom stereocenters. The van der Waals surface area contributed by atoms with Crippen LogP contribution in [-0.2, 0) is 10.2 Å². The number of Topliss-reactive ketones (excluding diaryl/α,β-unsaturated/α-hetero) is 1. The van der Waals surface area contributed by atoms with Gasteiger partial charge in [-0.2, -0.15) is 0 Å². The van der Waals surface area contributed by atoms with Gasteiger partial charge in [0.2, 0.25) is 0 Å². The second-order valence-corrected chi connectivity index (χ2v) is 4.21. The van der Waals surface area contributed by atoms with Crippen LogP contribution in [0.2, 0.25) is 0 Å². The van der Waals surface area contributed by atoms with Gasteiger partial charge < -0.3 is 0 Å². The van der Waals surface area contributed by atoms with E-state index in [1.165, 1.54) is 18.4 Å². The molecule has 0 radical (unpaired) electrons. The second kappa shape index (κ2) is 3.56. The molecular weight excluding hydrogens is 172 g/mol. The fraction of sp³-hybridized carbons (Fsp3) is 0.462. The molecule has 0 saturated heterocycles. The molecule has 0 heterocycles. The minimum Gasteiger partial charge on any atom is -0.299 e. The van der Waals surface area contributed by atoms with Crippen LogP contribution in [0.3, 0.4) is 0 Å². The van der Waals surface area contributed by atoms with E-state index >= 15 is 0 Å². The molecule has 0 N–H and O–H groups in total. The molecule has 14 heavy (non-hydrogen) atoms. The molecule has 0 aliphatic heterocycles. The fourth-order valence-corrected chi connectivity index (χ4v) is 2.58. The first-order valence-corrected chi connectivity index (χ1v) is 5.32. The van der Waals surface area contributed by atoms with Crippen molar-refractivity contribution in [3.05, 3.63) is 35.9 Å². The Kier molecular flexibility index (Phi) is 2.40. The van der Waals surface area contributed by atoms with E-state index in [-0.39, 0.29) is 5.41 Å². The van der Waals surface area contributed by atoms with Crippen molar-refractivity contribution in [3.63, 3.8) is 0 Å². The van der Waals surface area contributed by atoms with Crippen LogP contribution >= 0.6 is 0 Å². The van der Waals surface area contributed by atoms with Crippen LogP contribution in [0.1, 0.15) is 38.2 Å². The number of carbonyl (C=O) groups is 1. The maximum atomic E-state index is 11.8. The van der Waals surface area contributed by atoms with E-state index in [1.54, 1.807) is 6.92 Å². The molecule has 0 unspecified atom stereocenters. The zero-order chi connectivity index (χ0) is 10.0. The Morgan fingerprint density at radius 3 is 2.21 bits per heavy atom. The highest BCUT2D eigenvalue weighted by atomic mass is 16.1. The van der Waals surface area contributed by atoms with Gasteiger partial charge in [-0.05, 0) is 25.3 Å². The number of hydrogen-bond donors (Lipinski definition) is 0. The molecule has 1 heteroatoms. The number of carbonyl (C=O) groups excluding carboxylic acids is 1. The number of rotatable bonds is 2. The lowest BCUT2D eigenvalue weighted by Gasteiger charge is -2.26. The first kappa shape index (κ1) is 9.45. The van der Waals surface area contributed by atoms with Gasteiger partial charge in [0.05, 0.1) is 5.41 Å². The molecular formula is C13H16O. The molecule has 1 aromatic rings. The Morgan fingerprint density at radius 1 is 1.14 bits per heavy atom. The normalized spacial score (nSPS) is 19.5. The molecule has 0 amide bonds. The number of benzene rings is 1. The third-order valence-electron chi connectivity index (χ3n) is 3.46. The maximum Gasteiger partial charge on any atom is 0.140 e. The van der Waals surface area contributed by atoms with Crippen LogP contribution in [0.25, 0.3) is 0 Å². The summed E-state index contributed by atoms with van der Waals surface area (Å²) in [5.41, 5.74) is 1.06. The van der Waals surface area contributed by atoms with Crippen LogP contribution in [0, 0.1) is 0 Å². The van der Waals surface area contributed by atoms with Crippen LogP contribution in [0.15, 0.2) is 30.3 Å². The van der Waals surface area contributed by atoms with Gasteiger partial charge in [0.1, 0.15) is 5.78 Å². The highest BCUT2D eigenvalue weighted by molar-refractivity contribution is 5.88. The highest BCUT2D eigenvalue weighted by Gasteiger charge is 2.39. The Labute approximate surface area is 85.1 Å². The zero-order valence-corrected chi connectivity index (χ0v) is 8.62. The van der Waals surface area contributed by atoms with E-state index in [9.17, 15) is 4.79 Å². The second-order valence-electron chi connectivity index (χ2n) is 4.21. The minimum absolute atomic E-state index is 0.152. The smallest absolute Gasteiger partial charge is 0.140 e. The van der Waals surface area contributed by atoms with Crippen molar-refractivity contribution < 1.29 is 4.79 Å². The van der Waals surface area contributed by atoms with Gasteiger partial charge in [0.25, 0.3) is 0 Å². The Balaban J connectivity index is 2.42. The predicted octanol–water partition coefficient (Wildman–Crippen LogP) is 3.09. The first-order valence-electron chi connectivity index (χ1n) is 5.32. The molecule has 1 fully saturated rings. The van der Waals surface area contributed by atoms with Crippen LogP contribution < -0.4 is 0 Å². The third-order valence-corrected chi connectivity index (χ3v) is 3.46. The first-order chi connectivity index (χ1) is 6.76. The molecule has 1 nitrogen and oxygen atoms in total. The molecule has 74 valence electrons. The maximum absolute atomic E-state index is 11.8. The molecule has 2 rings (SSSR count). The molecule has 1 aromatic carbocycles. The summed E-state index contributed by atoms with van der Waals surface area (Å²) in [5, 5.41) is 0. The summed E-state index contributed by atoms with van der Waals surface area (Å²) in [6.45, 7) is 1.73. The standard InChI is InChI=1S/C13H16O/c1-11(14)13(9-5-6-10-13)12-7-3-2-4-8-12/h2-4,7-8H,5-6,9-10H2,1H3. The van der Waals surface area contributed by atoms with E-state index in [4.69, 9.17) is 0 Å². The van der Waals surface area contributed by atoms with Gasteiger partial charge in [-0.1, -0.05) is 43.2 Å². The van der Waals surface area contributed by atoms with E-state index in [1.807, 2.05) is 18.2 Å². The van der Waals surface area contributed by atoms with Gasteiger partial charge in [-0.25, -0.2) is 0 Å². The SMILES string of the molecule is CC(=O)C1(c2ccccc2)CCCC1. The summed E-state index contributed by atoms with van der Waals surface area (Å²) in [6.07, 6.45) is 4.45. The van der Waals surface area contributed by atoms with Crippen LogP contribution in [0.4, 0.5) is 0 Å². The van der Waals surface area contributed by atoms with E-state index in [0.717, 1.165) is 12.8 Å². The fourth-order valence-electron chi connectivity index (χ4n) is 2.58. The topological polar surface area (TPSA) is 17.1 Å². The summed E-state index contributed by atoms with van der Waals surface area (Å²) < 4.78 is 0. The monoisotopic (exact) mass is 188 g/mol. The zero-order valence-electron chi connectivity index (χ0n) is 8.62. The summed E-state index contributed by atoms with van der Waals surface area (Å²) in [4.78, 5) is 11.8. The summed E-state index contributed by atoms with van der Waals surface area (Å²) in [7, 11) is 0. The lowest BCUT2D eigenvalue weighted by Crippen LogP contribution is -2.30. The molecule has 1 saturated carbocycles. The minimum atomic E-state index is -0.152. The summed E-state index contributed by atoms with van der Waals surface area (Å²) in [6, 6.07) is 10.2. The average molecular weight is 188 g/mol. The van der Waals surface area contributed by atoms with E-state index < -0.39 is 0 Å². The van der Waals surface area contributed by atoms with Crippen LogP contribution in [0.5, 0.6) is 0 Å². The van der Waals surface area contributed by atoms with Crippen molar-refractivity contribution >= 4 is 5.78 Å². The molecule has 0 aromatic heterocycles. The van der Waals surface area contributed by atoms with Crippen LogP contribution in [-0.4, -0.2) is 5.78 Å². The third kappa shape index (κ3) is 1.37.